The fourth-order valence-corrected chi connectivity index (χ4v) is 4.44. The molecule has 0 unspecified atom stereocenters. The van der Waals surface area contributed by atoms with Gasteiger partial charge in [-0.15, -0.1) is 0 Å². The summed E-state index contributed by atoms with van der Waals surface area (Å²) in [4.78, 5) is 27.7. The van der Waals surface area contributed by atoms with Crippen LogP contribution < -0.4 is 9.80 Å². The number of ether oxygens (including phenoxy) is 2. The molecule has 188 valence electrons. The number of carbonyl (C=O) groups is 2. The summed E-state index contributed by atoms with van der Waals surface area (Å²) in [5.74, 6) is -2.36. The van der Waals surface area contributed by atoms with Crippen LogP contribution in [0.4, 0.5) is 28.9 Å². The minimum Gasteiger partial charge on any atom is -0.462 e. The van der Waals surface area contributed by atoms with Crippen LogP contribution in [0.15, 0.2) is 36.4 Å². The molecule has 2 aromatic rings. The molecule has 2 aromatic carbocycles. The van der Waals surface area contributed by atoms with Crippen molar-refractivity contribution in [3.8, 4) is 6.07 Å². The van der Waals surface area contributed by atoms with E-state index in [4.69, 9.17) is 27.0 Å². The van der Waals surface area contributed by atoms with E-state index in [0.717, 1.165) is 17.0 Å². The van der Waals surface area contributed by atoms with Gasteiger partial charge >= 0.3 is 12.1 Å². The van der Waals surface area contributed by atoms with E-state index < -0.39 is 40.5 Å². The quantitative estimate of drug-likeness (QED) is 0.327. The van der Waals surface area contributed by atoms with Gasteiger partial charge in [0, 0.05) is 11.6 Å². The van der Waals surface area contributed by atoms with Gasteiger partial charge in [-0.1, -0.05) is 0 Å². The first-order valence-electron chi connectivity index (χ1n) is 10.7. The van der Waals surface area contributed by atoms with E-state index in [1.165, 1.54) is 43.0 Å². The predicted octanol–water partition coefficient (Wildman–Crippen LogP) is 4.44. The van der Waals surface area contributed by atoms with Crippen molar-refractivity contribution in [3.05, 3.63) is 58.9 Å². The number of nitrogens with zero attached hydrogens (tertiary/aromatic N) is 3. The third kappa shape index (κ3) is 4.40. The Balaban J connectivity index is 1.65. The number of thiocarbonyl (C=S) groups is 1. The Kier molecular flexibility index (Phi) is 6.49. The van der Waals surface area contributed by atoms with Crippen LogP contribution in [0, 0.1) is 23.1 Å². The Morgan fingerprint density at radius 2 is 1.89 bits per heavy atom. The molecule has 0 bridgehead atoms. The second-order valence-corrected chi connectivity index (χ2v) is 9.19. The van der Waals surface area contributed by atoms with E-state index in [1.54, 1.807) is 0 Å². The Bertz CT molecular complexity index is 1300. The van der Waals surface area contributed by atoms with Gasteiger partial charge in [-0.2, -0.15) is 18.4 Å². The summed E-state index contributed by atoms with van der Waals surface area (Å²) < 4.78 is 65.4. The van der Waals surface area contributed by atoms with Crippen LogP contribution in [0.25, 0.3) is 0 Å². The predicted molar refractivity (Wildman–Crippen MR) is 124 cm³/mol. The topological polar surface area (TPSA) is 82.9 Å². The van der Waals surface area contributed by atoms with Crippen LogP contribution in [-0.4, -0.2) is 42.3 Å². The molecule has 0 spiro atoms. The van der Waals surface area contributed by atoms with Crippen LogP contribution in [0.3, 0.4) is 0 Å². The van der Waals surface area contributed by atoms with Gasteiger partial charge in [0.2, 0.25) is 0 Å². The molecule has 4 rings (SSSR count). The molecule has 0 aromatic heterocycles. The van der Waals surface area contributed by atoms with Gasteiger partial charge in [-0.25, -0.2) is 9.18 Å². The standard InChI is InChI=1S/C24H19F4N3O4S/c1-23(2)21(33)30(15-4-3-14(9-29)18(7-15)24(26,27)28)22(36)31(23)16-5-6-17(19(25)8-16)20(32)35-12-13-10-34-11-13/h3-8,13H,10-12H2,1-2H3. The first-order chi connectivity index (χ1) is 16.9. The Morgan fingerprint density at radius 3 is 2.44 bits per heavy atom. The molecular weight excluding hydrogens is 502 g/mol. The second-order valence-electron chi connectivity index (χ2n) is 8.82. The van der Waals surface area contributed by atoms with Gasteiger partial charge in [-0.3, -0.25) is 9.69 Å². The zero-order valence-corrected chi connectivity index (χ0v) is 19.9. The molecule has 12 heteroatoms. The van der Waals surface area contributed by atoms with Gasteiger partial charge in [0.1, 0.15) is 11.4 Å². The van der Waals surface area contributed by atoms with Gasteiger partial charge < -0.3 is 14.4 Å². The molecular formula is C24H19F4N3O4S. The molecule has 2 saturated heterocycles. The molecule has 0 N–H and O–H groups in total. The van der Waals surface area contributed by atoms with Crippen molar-refractivity contribution >= 4 is 40.6 Å². The molecule has 0 saturated carbocycles. The van der Waals surface area contributed by atoms with E-state index in [9.17, 15) is 27.2 Å². The summed E-state index contributed by atoms with van der Waals surface area (Å²) in [6.07, 6.45) is -4.83. The molecule has 2 aliphatic heterocycles. The fourth-order valence-electron chi connectivity index (χ4n) is 3.92. The van der Waals surface area contributed by atoms with Gasteiger partial charge in [0.05, 0.1) is 48.3 Å². The van der Waals surface area contributed by atoms with Crippen molar-refractivity contribution in [1.29, 1.82) is 5.26 Å². The highest BCUT2D eigenvalue weighted by Crippen LogP contribution is 2.40. The maximum Gasteiger partial charge on any atom is 0.417 e. The lowest BCUT2D eigenvalue weighted by Gasteiger charge is -2.29. The highest BCUT2D eigenvalue weighted by Gasteiger charge is 2.51. The summed E-state index contributed by atoms with van der Waals surface area (Å²) >= 11 is 5.43. The monoisotopic (exact) mass is 521 g/mol. The van der Waals surface area contributed by atoms with Gasteiger partial charge in [0.15, 0.2) is 5.11 Å². The number of esters is 1. The number of hydrogen-bond acceptors (Lipinski definition) is 6. The number of halogens is 4. The molecule has 0 aliphatic carbocycles. The normalized spacial score (nSPS) is 17.7. The summed E-state index contributed by atoms with van der Waals surface area (Å²) in [6.45, 7) is 3.99. The number of benzene rings is 2. The second kappa shape index (κ2) is 9.15. The largest absolute Gasteiger partial charge is 0.462 e. The van der Waals surface area contributed by atoms with Crippen molar-refractivity contribution in [3.63, 3.8) is 0 Å². The van der Waals surface area contributed by atoms with Crippen LogP contribution >= 0.6 is 12.2 Å². The highest BCUT2D eigenvalue weighted by molar-refractivity contribution is 7.81. The van der Waals surface area contributed by atoms with Crippen LogP contribution in [0.5, 0.6) is 0 Å². The smallest absolute Gasteiger partial charge is 0.417 e. The van der Waals surface area contributed by atoms with Crippen LogP contribution in [-0.2, 0) is 20.4 Å². The zero-order valence-electron chi connectivity index (χ0n) is 19.1. The van der Waals surface area contributed by atoms with Crippen molar-refractivity contribution < 1.29 is 36.6 Å². The number of amides is 1. The van der Waals surface area contributed by atoms with E-state index in [0.29, 0.717) is 19.3 Å². The van der Waals surface area contributed by atoms with Crippen LogP contribution in [0.2, 0.25) is 0 Å². The van der Waals surface area contributed by atoms with Crippen molar-refractivity contribution in [2.45, 2.75) is 25.6 Å². The fraction of sp³-hybridized carbons (Fsp3) is 0.333. The molecule has 2 fully saturated rings. The minimum absolute atomic E-state index is 0.0659. The molecule has 0 atom stereocenters. The highest BCUT2D eigenvalue weighted by atomic mass is 32.1. The number of carbonyl (C=O) groups excluding carboxylic acids is 2. The van der Waals surface area contributed by atoms with E-state index in [1.807, 2.05) is 0 Å². The zero-order chi connectivity index (χ0) is 26.4. The number of hydrogen-bond donors (Lipinski definition) is 0. The molecule has 36 heavy (non-hydrogen) atoms. The number of nitriles is 1. The number of rotatable bonds is 5. The van der Waals surface area contributed by atoms with E-state index in [2.05, 4.69) is 0 Å². The maximum absolute atomic E-state index is 14.9. The first kappa shape index (κ1) is 25.5. The van der Waals surface area contributed by atoms with Crippen molar-refractivity contribution in [1.82, 2.24) is 0 Å². The summed E-state index contributed by atoms with van der Waals surface area (Å²) in [6, 6.07) is 7.88. The van der Waals surface area contributed by atoms with Crippen molar-refractivity contribution in [2.75, 3.05) is 29.6 Å². The van der Waals surface area contributed by atoms with E-state index in [-0.39, 0.29) is 34.6 Å². The molecule has 2 aliphatic rings. The van der Waals surface area contributed by atoms with Crippen LogP contribution in [0.1, 0.15) is 35.3 Å². The van der Waals surface area contributed by atoms with Gasteiger partial charge in [0.25, 0.3) is 5.91 Å². The molecule has 1 amide bonds. The Morgan fingerprint density at radius 1 is 1.22 bits per heavy atom. The average molecular weight is 521 g/mol. The van der Waals surface area contributed by atoms with Gasteiger partial charge in [-0.05, 0) is 62.5 Å². The minimum atomic E-state index is -4.83. The lowest BCUT2D eigenvalue weighted by molar-refractivity contribution is -0.137. The lowest BCUT2D eigenvalue weighted by Crippen LogP contribution is -2.44. The summed E-state index contributed by atoms with van der Waals surface area (Å²) in [7, 11) is 0. The Labute approximate surface area is 208 Å². The Hall–Kier alpha value is -3.56. The van der Waals surface area contributed by atoms with Crippen molar-refractivity contribution in [2.24, 2.45) is 5.92 Å². The average Bonchev–Trinajstić information content (AvgIpc) is 2.95. The third-order valence-corrected chi connectivity index (χ3v) is 6.31. The SMILES string of the molecule is CC1(C)C(=O)N(c2ccc(C#N)c(C(F)(F)F)c2)C(=S)N1c1ccc(C(=O)OCC2COC2)c(F)c1. The van der Waals surface area contributed by atoms with E-state index >= 15 is 0 Å². The first-order valence-corrected chi connectivity index (χ1v) is 11.1. The lowest BCUT2D eigenvalue weighted by atomic mass is 10.0. The molecule has 7 nitrogen and oxygen atoms in total. The third-order valence-electron chi connectivity index (χ3n) is 5.94. The summed E-state index contributed by atoms with van der Waals surface area (Å²) in [5, 5.41) is 8.85. The number of alkyl halides is 3. The number of anilines is 2. The summed E-state index contributed by atoms with van der Waals surface area (Å²) in [5.41, 5.74) is -3.60. The molecule has 2 heterocycles. The maximum atomic E-state index is 14.9. The molecule has 0 radical (unpaired) electrons.